The molecule has 1 aromatic carbocycles. The van der Waals surface area contributed by atoms with Crippen molar-refractivity contribution in [2.45, 2.75) is 13.8 Å². The zero-order valence-electron chi connectivity index (χ0n) is 12.0. The minimum Gasteiger partial charge on any atom is -0.504 e. The van der Waals surface area contributed by atoms with Crippen molar-refractivity contribution in [2.75, 3.05) is 0 Å². The van der Waals surface area contributed by atoms with Gasteiger partial charge in [-0.3, -0.25) is 0 Å². The zero-order chi connectivity index (χ0) is 15.7. The van der Waals surface area contributed by atoms with Crippen LogP contribution in [0, 0.1) is 13.8 Å². The number of nitrogens with zero attached hydrogens (tertiary/aromatic N) is 6. The molecule has 3 aromatic rings. The molecule has 0 bridgehead atoms. The SMILES string of the molecule is Cc1cc(C)n(-c2nncn2/N=C/c2ccc(O)c(O)c2)n1. The highest BCUT2D eigenvalue weighted by molar-refractivity contribution is 5.80. The Morgan fingerprint density at radius 1 is 1.14 bits per heavy atom. The first-order chi connectivity index (χ1) is 10.5. The fourth-order valence-corrected chi connectivity index (χ4v) is 2.03. The first-order valence-electron chi connectivity index (χ1n) is 6.54. The van der Waals surface area contributed by atoms with Gasteiger partial charge in [-0.15, -0.1) is 10.2 Å². The maximum Gasteiger partial charge on any atom is 0.273 e. The molecule has 8 heteroatoms. The van der Waals surface area contributed by atoms with E-state index in [2.05, 4.69) is 20.4 Å². The normalized spacial score (nSPS) is 11.4. The maximum atomic E-state index is 9.47. The highest BCUT2D eigenvalue weighted by Crippen LogP contribution is 2.24. The molecule has 0 spiro atoms. The van der Waals surface area contributed by atoms with Gasteiger partial charge in [-0.05, 0) is 43.7 Å². The Morgan fingerprint density at radius 3 is 2.64 bits per heavy atom. The summed E-state index contributed by atoms with van der Waals surface area (Å²) in [5, 5.41) is 35.2. The molecule has 0 amide bonds. The van der Waals surface area contributed by atoms with Crippen molar-refractivity contribution in [2.24, 2.45) is 5.10 Å². The molecular formula is C14H14N6O2. The fourth-order valence-electron chi connectivity index (χ4n) is 2.03. The lowest BCUT2D eigenvalue weighted by molar-refractivity contribution is 0.403. The average molecular weight is 298 g/mol. The van der Waals surface area contributed by atoms with Crippen LogP contribution in [0.4, 0.5) is 0 Å². The van der Waals surface area contributed by atoms with Crippen LogP contribution in [-0.4, -0.2) is 41.1 Å². The maximum absolute atomic E-state index is 9.47. The van der Waals surface area contributed by atoms with Gasteiger partial charge in [0.15, 0.2) is 11.5 Å². The van der Waals surface area contributed by atoms with Gasteiger partial charge in [0.2, 0.25) is 0 Å². The van der Waals surface area contributed by atoms with Crippen LogP contribution in [0.5, 0.6) is 11.5 Å². The molecule has 22 heavy (non-hydrogen) atoms. The molecule has 0 aliphatic rings. The van der Waals surface area contributed by atoms with Crippen molar-refractivity contribution in [3.8, 4) is 17.4 Å². The van der Waals surface area contributed by atoms with Crippen molar-refractivity contribution < 1.29 is 10.2 Å². The summed E-state index contributed by atoms with van der Waals surface area (Å²) in [6.07, 6.45) is 2.99. The third-order valence-corrected chi connectivity index (χ3v) is 3.04. The van der Waals surface area contributed by atoms with E-state index < -0.39 is 0 Å². The number of aromatic nitrogens is 5. The van der Waals surface area contributed by atoms with E-state index >= 15 is 0 Å². The van der Waals surface area contributed by atoms with E-state index in [1.54, 1.807) is 10.7 Å². The number of hydrogen-bond acceptors (Lipinski definition) is 6. The largest absolute Gasteiger partial charge is 0.504 e. The Balaban J connectivity index is 1.94. The van der Waals surface area contributed by atoms with Gasteiger partial charge in [-0.2, -0.15) is 14.9 Å². The average Bonchev–Trinajstić information content (AvgIpc) is 3.06. The van der Waals surface area contributed by atoms with Gasteiger partial charge in [-0.25, -0.2) is 4.68 Å². The molecule has 0 fully saturated rings. The highest BCUT2D eigenvalue weighted by atomic mass is 16.3. The first-order valence-corrected chi connectivity index (χ1v) is 6.54. The van der Waals surface area contributed by atoms with Crippen LogP contribution < -0.4 is 0 Å². The Hall–Kier alpha value is -3.16. The van der Waals surface area contributed by atoms with Gasteiger partial charge in [0.05, 0.1) is 11.9 Å². The number of phenols is 2. The van der Waals surface area contributed by atoms with Crippen LogP contribution in [-0.2, 0) is 0 Å². The standard InChI is InChI=1S/C14H14N6O2/c1-9-5-10(2)20(18-9)14-17-15-8-19(14)16-7-11-3-4-12(21)13(22)6-11/h3-8,21-22H,1-2H3/b16-7+. The van der Waals surface area contributed by atoms with E-state index in [0.29, 0.717) is 11.5 Å². The van der Waals surface area contributed by atoms with E-state index in [1.165, 1.54) is 29.4 Å². The molecule has 0 radical (unpaired) electrons. The molecule has 0 aliphatic heterocycles. The quantitative estimate of drug-likeness (QED) is 0.562. The Bertz CT molecular complexity index is 849. The molecule has 112 valence electrons. The van der Waals surface area contributed by atoms with Gasteiger partial charge >= 0.3 is 0 Å². The van der Waals surface area contributed by atoms with Crippen molar-refractivity contribution in [3.63, 3.8) is 0 Å². The number of rotatable bonds is 3. The Labute approximate surface area is 126 Å². The van der Waals surface area contributed by atoms with Crippen LogP contribution in [0.1, 0.15) is 17.0 Å². The number of aryl methyl sites for hydroxylation is 2. The summed E-state index contributed by atoms with van der Waals surface area (Å²) in [6.45, 7) is 3.81. The fraction of sp³-hybridized carbons (Fsp3) is 0.143. The summed E-state index contributed by atoms with van der Waals surface area (Å²) in [7, 11) is 0. The van der Waals surface area contributed by atoms with Crippen molar-refractivity contribution in [1.29, 1.82) is 0 Å². The van der Waals surface area contributed by atoms with Gasteiger partial charge in [0.25, 0.3) is 5.95 Å². The van der Waals surface area contributed by atoms with Crippen LogP contribution in [0.2, 0.25) is 0 Å². The number of hydrogen-bond donors (Lipinski definition) is 2. The van der Waals surface area contributed by atoms with Crippen LogP contribution in [0.3, 0.4) is 0 Å². The zero-order valence-corrected chi connectivity index (χ0v) is 12.0. The van der Waals surface area contributed by atoms with Gasteiger partial charge in [-0.1, -0.05) is 0 Å². The molecule has 0 unspecified atom stereocenters. The summed E-state index contributed by atoms with van der Waals surface area (Å²) in [4.78, 5) is 0. The molecule has 0 saturated heterocycles. The monoisotopic (exact) mass is 298 g/mol. The lowest BCUT2D eigenvalue weighted by atomic mass is 10.2. The molecule has 3 rings (SSSR count). The van der Waals surface area contributed by atoms with Crippen LogP contribution in [0.25, 0.3) is 5.95 Å². The number of aromatic hydroxyl groups is 2. The Kier molecular flexibility index (Phi) is 3.34. The minimum absolute atomic E-state index is 0.176. The lowest BCUT2D eigenvalue weighted by Gasteiger charge is -2.02. The molecule has 8 nitrogen and oxygen atoms in total. The smallest absolute Gasteiger partial charge is 0.273 e. The van der Waals surface area contributed by atoms with E-state index in [9.17, 15) is 10.2 Å². The van der Waals surface area contributed by atoms with Gasteiger partial charge in [0, 0.05) is 5.69 Å². The number of benzene rings is 1. The van der Waals surface area contributed by atoms with Gasteiger partial charge in [0.1, 0.15) is 6.33 Å². The van der Waals surface area contributed by atoms with Gasteiger partial charge < -0.3 is 10.2 Å². The molecule has 0 saturated carbocycles. The molecular weight excluding hydrogens is 284 g/mol. The minimum atomic E-state index is -0.202. The highest BCUT2D eigenvalue weighted by Gasteiger charge is 2.10. The van der Waals surface area contributed by atoms with E-state index in [4.69, 9.17) is 0 Å². The predicted molar refractivity (Wildman–Crippen MR) is 79.4 cm³/mol. The van der Waals surface area contributed by atoms with E-state index in [1.807, 2.05) is 19.9 Å². The van der Waals surface area contributed by atoms with Crippen molar-refractivity contribution in [3.05, 3.63) is 47.5 Å². The first kappa shape index (κ1) is 13.8. The topological polar surface area (TPSA) is 101 Å². The molecule has 0 atom stereocenters. The van der Waals surface area contributed by atoms with Crippen molar-refractivity contribution in [1.82, 2.24) is 24.7 Å². The summed E-state index contributed by atoms with van der Waals surface area (Å²) in [5.41, 5.74) is 2.42. The predicted octanol–water partition coefficient (Wildman–Crippen LogP) is 1.37. The second-order valence-electron chi connectivity index (χ2n) is 4.81. The van der Waals surface area contributed by atoms with Crippen LogP contribution in [0.15, 0.2) is 35.7 Å². The second kappa shape index (κ2) is 5.32. The van der Waals surface area contributed by atoms with E-state index in [-0.39, 0.29) is 11.5 Å². The molecule has 2 aromatic heterocycles. The summed E-state index contributed by atoms with van der Waals surface area (Å²) in [5.74, 6) is 0.0844. The third-order valence-electron chi connectivity index (χ3n) is 3.04. The molecule has 2 N–H and O–H groups in total. The summed E-state index contributed by atoms with van der Waals surface area (Å²) >= 11 is 0. The molecule has 2 heterocycles. The Morgan fingerprint density at radius 2 is 1.95 bits per heavy atom. The van der Waals surface area contributed by atoms with Crippen molar-refractivity contribution >= 4 is 6.21 Å². The summed E-state index contributed by atoms with van der Waals surface area (Å²) in [6, 6.07) is 6.36. The van der Waals surface area contributed by atoms with E-state index in [0.717, 1.165) is 11.4 Å². The molecule has 0 aliphatic carbocycles. The number of phenolic OH excluding ortho intramolecular Hbond substituents is 2. The van der Waals surface area contributed by atoms with Crippen LogP contribution >= 0.6 is 0 Å². The second-order valence-corrected chi connectivity index (χ2v) is 4.81. The summed E-state index contributed by atoms with van der Waals surface area (Å²) < 4.78 is 3.12. The lowest BCUT2D eigenvalue weighted by Crippen LogP contribution is -2.06. The third kappa shape index (κ3) is 2.53.